The fraction of sp³-hybridized carbons (Fsp3) is 0.476. The van der Waals surface area contributed by atoms with E-state index in [4.69, 9.17) is 32.7 Å². The Kier molecular flexibility index (Phi) is 6.55. The zero-order valence-corrected chi connectivity index (χ0v) is 19.0. The summed E-state index contributed by atoms with van der Waals surface area (Å²) in [6, 6.07) is 9.82. The van der Waals surface area contributed by atoms with Gasteiger partial charge in [0.05, 0.1) is 6.33 Å². The Bertz CT molecular complexity index is 1080. The van der Waals surface area contributed by atoms with Crippen LogP contribution in [0, 0.1) is 0 Å². The minimum Gasteiger partial charge on any atom is -0.490 e. The summed E-state index contributed by atoms with van der Waals surface area (Å²) in [6.45, 7) is 1.55. The van der Waals surface area contributed by atoms with Gasteiger partial charge >= 0.3 is 0 Å². The lowest BCUT2D eigenvalue weighted by molar-refractivity contribution is -0.0312. The summed E-state index contributed by atoms with van der Waals surface area (Å²) in [6.07, 6.45) is 0.471. The zero-order chi connectivity index (χ0) is 22.9. The second-order valence-electron chi connectivity index (χ2n) is 8.08. The van der Waals surface area contributed by atoms with Gasteiger partial charge in [-0.3, -0.25) is 4.57 Å². The number of anilines is 1. The third-order valence-electron chi connectivity index (χ3n) is 5.91. The van der Waals surface area contributed by atoms with Crippen molar-refractivity contribution in [2.24, 2.45) is 0 Å². The molecule has 2 aliphatic rings. The number of imidazole rings is 1. The SMILES string of the molecule is OC1C(O)[C@H](n2cnc3c(NN4CCC(Oc5ccccc5)CC4)ncnc32)O[C@@H]1C(Cl)Cl. The van der Waals surface area contributed by atoms with Gasteiger partial charge in [0.2, 0.25) is 0 Å². The number of para-hydroxylation sites is 1. The van der Waals surface area contributed by atoms with E-state index in [9.17, 15) is 10.2 Å². The number of hydrogen-bond donors (Lipinski definition) is 3. The lowest BCUT2D eigenvalue weighted by Gasteiger charge is -2.32. The monoisotopic (exact) mass is 494 g/mol. The van der Waals surface area contributed by atoms with E-state index in [0.717, 1.165) is 31.7 Å². The number of fused-ring (bicyclic) bond motifs is 1. The van der Waals surface area contributed by atoms with Crippen LogP contribution in [0.3, 0.4) is 0 Å². The summed E-state index contributed by atoms with van der Waals surface area (Å²) in [4.78, 5) is 12.1. The number of alkyl halides is 2. The van der Waals surface area contributed by atoms with E-state index in [1.165, 1.54) is 12.7 Å². The maximum atomic E-state index is 10.4. The number of halogens is 2. The van der Waals surface area contributed by atoms with Crippen LogP contribution in [0.4, 0.5) is 5.82 Å². The van der Waals surface area contributed by atoms with E-state index in [1.807, 2.05) is 30.3 Å². The minimum absolute atomic E-state index is 0.156. The van der Waals surface area contributed by atoms with Gasteiger partial charge in [0, 0.05) is 13.1 Å². The number of aromatic nitrogens is 4. The molecular weight excluding hydrogens is 471 g/mol. The molecule has 12 heteroatoms. The van der Waals surface area contributed by atoms with Crippen LogP contribution >= 0.6 is 23.2 Å². The van der Waals surface area contributed by atoms with Crippen LogP contribution in [-0.2, 0) is 4.74 Å². The van der Waals surface area contributed by atoms with Crippen molar-refractivity contribution in [3.63, 3.8) is 0 Å². The standard InChI is InChI=1S/C21H24Cl2N6O4/c22-18(23)17-15(30)16(31)21(33-17)29-11-26-14-19(24-10-25-20(14)29)27-28-8-6-13(7-9-28)32-12-4-2-1-3-5-12/h1-5,10-11,13,15-18,21,30-31H,6-9H2,(H,24,25,27)/t15?,16?,17-,21+/m0/s1. The number of hydrazine groups is 1. The van der Waals surface area contributed by atoms with Crippen molar-refractivity contribution in [3.05, 3.63) is 43.0 Å². The second-order valence-corrected chi connectivity index (χ2v) is 9.25. The first kappa shape index (κ1) is 22.6. The third-order valence-corrected chi connectivity index (χ3v) is 6.41. The molecule has 0 saturated carbocycles. The molecule has 176 valence electrons. The van der Waals surface area contributed by atoms with E-state index in [1.54, 1.807) is 4.57 Å². The fourth-order valence-corrected chi connectivity index (χ4v) is 4.59. The molecular formula is C21H24Cl2N6O4. The highest BCUT2D eigenvalue weighted by molar-refractivity contribution is 6.44. The molecule has 0 bridgehead atoms. The number of aliphatic hydroxyl groups excluding tert-OH is 2. The summed E-state index contributed by atoms with van der Waals surface area (Å²) >= 11 is 11.7. The zero-order valence-electron chi connectivity index (χ0n) is 17.5. The smallest absolute Gasteiger partial charge is 0.172 e. The average Bonchev–Trinajstić information content (AvgIpc) is 3.38. The second kappa shape index (κ2) is 9.57. The van der Waals surface area contributed by atoms with Crippen LogP contribution in [0.25, 0.3) is 11.2 Å². The molecule has 2 saturated heterocycles. The number of aliphatic hydroxyl groups is 2. The Hall–Kier alpha value is -2.21. The van der Waals surface area contributed by atoms with Crippen LogP contribution in [0.1, 0.15) is 19.1 Å². The Morgan fingerprint density at radius 1 is 1.06 bits per heavy atom. The van der Waals surface area contributed by atoms with Gasteiger partial charge in [-0.2, -0.15) is 0 Å². The van der Waals surface area contributed by atoms with Crippen LogP contribution < -0.4 is 10.2 Å². The van der Waals surface area contributed by atoms with E-state index >= 15 is 0 Å². The number of benzene rings is 1. The first-order valence-electron chi connectivity index (χ1n) is 10.7. The third kappa shape index (κ3) is 4.59. The minimum atomic E-state index is -1.23. The first-order valence-corrected chi connectivity index (χ1v) is 11.6. The topological polar surface area (TPSA) is 118 Å². The van der Waals surface area contributed by atoms with Crippen LogP contribution in [0.2, 0.25) is 0 Å². The van der Waals surface area contributed by atoms with Crippen LogP contribution in [0.5, 0.6) is 5.75 Å². The molecule has 2 aromatic heterocycles. The summed E-state index contributed by atoms with van der Waals surface area (Å²) in [5, 5.41) is 22.7. The van der Waals surface area contributed by atoms with Gasteiger partial charge in [-0.15, -0.1) is 23.2 Å². The summed E-state index contributed by atoms with van der Waals surface area (Å²) < 4.78 is 13.3. The molecule has 0 radical (unpaired) electrons. The Morgan fingerprint density at radius 2 is 1.82 bits per heavy atom. The number of hydrogen-bond acceptors (Lipinski definition) is 9. The predicted molar refractivity (Wildman–Crippen MR) is 122 cm³/mol. The quantitative estimate of drug-likeness (QED) is 0.442. The summed E-state index contributed by atoms with van der Waals surface area (Å²) in [7, 11) is 0. The normalized spacial score (nSPS) is 26.8. The highest BCUT2D eigenvalue weighted by Crippen LogP contribution is 2.35. The van der Waals surface area contributed by atoms with Gasteiger partial charge in [-0.05, 0) is 25.0 Å². The molecule has 33 heavy (non-hydrogen) atoms. The molecule has 2 fully saturated rings. The van der Waals surface area contributed by atoms with Gasteiger partial charge in [0.15, 0.2) is 23.2 Å². The van der Waals surface area contributed by atoms with Crippen molar-refractivity contribution < 1.29 is 19.7 Å². The molecule has 0 aliphatic carbocycles. The van der Waals surface area contributed by atoms with Crippen molar-refractivity contribution in [2.45, 2.75) is 48.3 Å². The molecule has 5 rings (SSSR count). The maximum Gasteiger partial charge on any atom is 0.172 e. The fourth-order valence-electron chi connectivity index (χ4n) is 4.17. The van der Waals surface area contributed by atoms with Crippen molar-refractivity contribution in [1.82, 2.24) is 24.5 Å². The van der Waals surface area contributed by atoms with Crippen LogP contribution in [0.15, 0.2) is 43.0 Å². The highest BCUT2D eigenvalue weighted by Gasteiger charge is 2.47. The van der Waals surface area contributed by atoms with Gasteiger partial charge in [-0.25, -0.2) is 20.0 Å². The number of nitrogens with one attached hydrogen (secondary N) is 1. The van der Waals surface area contributed by atoms with E-state index in [0.29, 0.717) is 17.0 Å². The molecule has 4 heterocycles. The number of rotatable bonds is 6. The molecule has 2 aliphatic heterocycles. The van der Waals surface area contributed by atoms with Gasteiger partial charge < -0.3 is 25.1 Å². The van der Waals surface area contributed by atoms with Crippen molar-refractivity contribution in [3.8, 4) is 5.75 Å². The molecule has 3 aromatic rings. The summed E-state index contributed by atoms with van der Waals surface area (Å²) in [5.74, 6) is 1.42. The molecule has 1 aromatic carbocycles. The van der Waals surface area contributed by atoms with Gasteiger partial charge in [-0.1, -0.05) is 18.2 Å². The molecule has 0 spiro atoms. The largest absolute Gasteiger partial charge is 0.490 e. The molecule has 0 amide bonds. The Morgan fingerprint density at radius 3 is 2.52 bits per heavy atom. The summed E-state index contributed by atoms with van der Waals surface area (Å²) in [5.41, 5.74) is 4.28. The van der Waals surface area contributed by atoms with Crippen molar-refractivity contribution in [2.75, 3.05) is 18.5 Å². The number of nitrogens with zero attached hydrogens (tertiary/aromatic N) is 5. The van der Waals surface area contributed by atoms with E-state index < -0.39 is 29.4 Å². The van der Waals surface area contributed by atoms with E-state index in [-0.39, 0.29) is 6.10 Å². The average molecular weight is 495 g/mol. The number of piperidine rings is 1. The molecule has 2 unspecified atom stereocenters. The van der Waals surface area contributed by atoms with Gasteiger partial charge in [0.1, 0.15) is 41.3 Å². The van der Waals surface area contributed by atoms with Crippen LogP contribution in [-0.4, -0.2) is 77.1 Å². The number of ether oxygens (including phenoxy) is 2. The lowest BCUT2D eigenvalue weighted by atomic mass is 10.1. The maximum absolute atomic E-state index is 10.4. The van der Waals surface area contributed by atoms with Crippen molar-refractivity contribution in [1.29, 1.82) is 0 Å². The highest BCUT2D eigenvalue weighted by atomic mass is 35.5. The first-order chi connectivity index (χ1) is 16.0. The molecule has 4 atom stereocenters. The Labute approximate surface area is 200 Å². The van der Waals surface area contributed by atoms with Crippen molar-refractivity contribution >= 4 is 40.2 Å². The lowest BCUT2D eigenvalue weighted by Crippen LogP contribution is -2.41. The molecule has 3 N–H and O–H groups in total. The van der Waals surface area contributed by atoms with Gasteiger partial charge in [0.25, 0.3) is 0 Å². The Balaban J connectivity index is 1.27. The van der Waals surface area contributed by atoms with E-state index in [2.05, 4.69) is 25.4 Å². The predicted octanol–water partition coefficient (Wildman–Crippen LogP) is 2.12. The molecule has 10 nitrogen and oxygen atoms in total.